The van der Waals surface area contributed by atoms with Crippen molar-refractivity contribution in [1.29, 1.82) is 0 Å². The molecule has 2 heterocycles. The van der Waals surface area contributed by atoms with E-state index < -0.39 is 5.97 Å². The van der Waals surface area contributed by atoms with E-state index in [0.29, 0.717) is 29.9 Å². The van der Waals surface area contributed by atoms with E-state index >= 15 is 0 Å². The first kappa shape index (κ1) is 14.1. The Balaban J connectivity index is 2.14. The Kier molecular flexibility index (Phi) is 3.78. The predicted molar refractivity (Wildman–Crippen MR) is 82.4 cm³/mol. The molecule has 0 saturated heterocycles. The number of carbonyl (C=O) groups is 1. The quantitative estimate of drug-likeness (QED) is 0.422. The zero-order valence-corrected chi connectivity index (χ0v) is 12.2. The van der Waals surface area contributed by atoms with Gasteiger partial charge in [-0.05, 0) is 18.6 Å². The maximum atomic E-state index is 12.2. The van der Waals surface area contributed by atoms with E-state index in [1.54, 1.807) is 19.1 Å². The first-order chi connectivity index (χ1) is 10.7. The third-order valence-corrected chi connectivity index (χ3v) is 3.50. The molecule has 22 heavy (non-hydrogen) atoms. The SMILES string of the molecule is CCOC(=O)c1cc2c(ccc[n+]2[O-])n1Cc1ccccc1. The van der Waals surface area contributed by atoms with Crippen LogP contribution in [0.5, 0.6) is 0 Å². The summed E-state index contributed by atoms with van der Waals surface area (Å²) in [5, 5.41) is 11.9. The predicted octanol–water partition coefficient (Wildman–Crippen LogP) is 2.50. The molecule has 0 atom stereocenters. The van der Waals surface area contributed by atoms with Gasteiger partial charge in [0.1, 0.15) is 11.2 Å². The molecule has 3 aromatic rings. The van der Waals surface area contributed by atoms with Gasteiger partial charge in [-0.3, -0.25) is 0 Å². The summed E-state index contributed by atoms with van der Waals surface area (Å²) in [5.74, 6) is -0.422. The fourth-order valence-electron chi connectivity index (χ4n) is 2.50. The van der Waals surface area contributed by atoms with E-state index in [0.717, 1.165) is 10.3 Å². The summed E-state index contributed by atoms with van der Waals surface area (Å²) in [6.45, 7) is 2.56. The van der Waals surface area contributed by atoms with Crippen molar-refractivity contribution in [3.8, 4) is 0 Å². The van der Waals surface area contributed by atoms with E-state index in [1.807, 2.05) is 41.0 Å². The van der Waals surface area contributed by atoms with Crippen LogP contribution in [0.3, 0.4) is 0 Å². The molecule has 112 valence electrons. The smallest absolute Gasteiger partial charge is 0.355 e. The Morgan fingerprint density at radius 3 is 2.73 bits per heavy atom. The molecule has 0 N–H and O–H groups in total. The molecule has 3 rings (SSSR count). The zero-order valence-electron chi connectivity index (χ0n) is 12.2. The molecule has 0 aliphatic carbocycles. The van der Waals surface area contributed by atoms with Gasteiger partial charge in [-0.2, -0.15) is 4.73 Å². The van der Waals surface area contributed by atoms with Gasteiger partial charge in [0, 0.05) is 18.7 Å². The molecule has 0 aliphatic heterocycles. The highest BCUT2D eigenvalue weighted by Crippen LogP contribution is 2.19. The molecule has 5 nitrogen and oxygen atoms in total. The number of hydrogen-bond acceptors (Lipinski definition) is 3. The highest BCUT2D eigenvalue weighted by Gasteiger charge is 2.20. The van der Waals surface area contributed by atoms with Crippen molar-refractivity contribution in [1.82, 2.24) is 4.57 Å². The normalized spacial score (nSPS) is 10.8. The van der Waals surface area contributed by atoms with Gasteiger partial charge in [0.25, 0.3) is 0 Å². The number of pyridine rings is 1. The summed E-state index contributed by atoms with van der Waals surface area (Å²) in [6.07, 6.45) is 1.42. The number of rotatable bonds is 4. The highest BCUT2D eigenvalue weighted by atomic mass is 16.5. The van der Waals surface area contributed by atoms with Gasteiger partial charge >= 0.3 is 5.97 Å². The van der Waals surface area contributed by atoms with Crippen LogP contribution in [-0.2, 0) is 11.3 Å². The van der Waals surface area contributed by atoms with Crippen LogP contribution in [0, 0.1) is 5.21 Å². The summed E-state index contributed by atoms with van der Waals surface area (Å²) >= 11 is 0. The second-order valence-corrected chi connectivity index (χ2v) is 4.93. The lowest BCUT2D eigenvalue weighted by Crippen LogP contribution is -2.25. The zero-order chi connectivity index (χ0) is 15.5. The Bertz CT molecular complexity index is 809. The monoisotopic (exact) mass is 296 g/mol. The van der Waals surface area contributed by atoms with Crippen molar-refractivity contribution in [3.63, 3.8) is 0 Å². The van der Waals surface area contributed by atoms with E-state index in [-0.39, 0.29) is 0 Å². The van der Waals surface area contributed by atoms with Crippen LogP contribution in [0.25, 0.3) is 11.0 Å². The molecular formula is C17H16N2O3. The van der Waals surface area contributed by atoms with Crippen molar-refractivity contribution < 1.29 is 14.3 Å². The fraction of sp³-hybridized carbons (Fsp3) is 0.176. The van der Waals surface area contributed by atoms with Gasteiger partial charge in [-0.1, -0.05) is 30.3 Å². The van der Waals surface area contributed by atoms with E-state index in [1.165, 1.54) is 6.20 Å². The molecule has 5 heteroatoms. The lowest BCUT2D eigenvalue weighted by Gasteiger charge is -2.09. The lowest BCUT2D eigenvalue weighted by atomic mass is 10.2. The molecule has 0 fully saturated rings. The summed E-state index contributed by atoms with van der Waals surface area (Å²) < 4.78 is 7.68. The first-order valence-electron chi connectivity index (χ1n) is 7.13. The minimum Gasteiger partial charge on any atom is -0.618 e. The van der Waals surface area contributed by atoms with Gasteiger partial charge in [0.05, 0.1) is 6.61 Å². The van der Waals surface area contributed by atoms with Crippen LogP contribution in [0.15, 0.2) is 54.7 Å². The minimum atomic E-state index is -0.422. The number of benzene rings is 1. The molecule has 0 aliphatic rings. The lowest BCUT2D eigenvalue weighted by molar-refractivity contribution is -0.576. The summed E-state index contributed by atoms with van der Waals surface area (Å²) in [7, 11) is 0. The highest BCUT2D eigenvalue weighted by molar-refractivity contribution is 5.93. The molecule has 0 spiro atoms. The third kappa shape index (κ3) is 2.53. The van der Waals surface area contributed by atoms with E-state index in [9.17, 15) is 10.0 Å². The largest absolute Gasteiger partial charge is 0.618 e. The number of hydrogen-bond donors (Lipinski definition) is 0. The van der Waals surface area contributed by atoms with Crippen molar-refractivity contribution in [3.05, 3.63) is 71.2 Å². The van der Waals surface area contributed by atoms with Crippen molar-refractivity contribution in [2.75, 3.05) is 6.61 Å². The Morgan fingerprint density at radius 2 is 2.00 bits per heavy atom. The molecular weight excluding hydrogens is 280 g/mol. The molecule has 0 bridgehead atoms. The maximum absolute atomic E-state index is 12.2. The number of nitrogens with zero attached hydrogens (tertiary/aromatic N) is 2. The van der Waals surface area contributed by atoms with Gasteiger partial charge in [-0.15, -0.1) is 0 Å². The average molecular weight is 296 g/mol. The molecule has 0 amide bonds. The first-order valence-corrected chi connectivity index (χ1v) is 7.13. The van der Waals surface area contributed by atoms with E-state index in [4.69, 9.17) is 4.74 Å². The topological polar surface area (TPSA) is 58.2 Å². The Morgan fingerprint density at radius 1 is 1.23 bits per heavy atom. The van der Waals surface area contributed by atoms with Crippen LogP contribution in [-0.4, -0.2) is 17.1 Å². The van der Waals surface area contributed by atoms with Crippen LogP contribution in [0.1, 0.15) is 23.0 Å². The third-order valence-electron chi connectivity index (χ3n) is 3.50. The van der Waals surface area contributed by atoms with Crippen LogP contribution in [0.2, 0.25) is 0 Å². The van der Waals surface area contributed by atoms with Gasteiger partial charge in [0.15, 0.2) is 6.20 Å². The number of ether oxygens (including phenoxy) is 1. The van der Waals surface area contributed by atoms with Crippen molar-refractivity contribution in [2.45, 2.75) is 13.5 Å². The van der Waals surface area contributed by atoms with Crippen LogP contribution in [0.4, 0.5) is 0 Å². The number of fused-ring (bicyclic) bond motifs is 1. The fourth-order valence-corrected chi connectivity index (χ4v) is 2.50. The van der Waals surface area contributed by atoms with Crippen LogP contribution < -0.4 is 4.73 Å². The molecule has 0 unspecified atom stereocenters. The second-order valence-electron chi connectivity index (χ2n) is 4.93. The van der Waals surface area contributed by atoms with E-state index in [2.05, 4.69) is 0 Å². The van der Waals surface area contributed by atoms with Crippen molar-refractivity contribution >= 4 is 17.0 Å². The average Bonchev–Trinajstić information content (AvgIpc) is 2.89. The summed E-state index contributed by atoms with van der Waals surface area (Å²) in [5.41, 5.74) is 2.61. The summed E-state index contributed by atoms with van der Waals surface area (Å²) in [4.78, 5) is 12.2. The standard InChI is InChI=1S/C17H16N2O3/c1-2-22-17(20)16-11-15-14(9-6-10-19(15)21)18(16)12-13-7-4-3-5-8-13/h3-11H,2,12H2,1H3. The molecule has 0 radical (unpaired) electrons. The molecule has 1 aromatic carbocycles. The Labute approximate surface area is 128 Å². The van der Waals surface area contributed by atoms with Gasteiger partial charge in [-0.25, -0.2) is 4.79 Å². The van der Waals surface area contributed by atoms with Gasteiger partial charge < -0.3 is 14.5 Å². The van der Waals surface area contributed by atoms with Crippen LogP contribution >= 0.6 is 0 Å². The number of aromatic nitrogens is 2. The number of esters is 1. The Hall–Kier alpha value is -2.82. The summed E-state index contributed by atoms with van der Waals surface area (Å²) in [6, 6.07) is 14.9. The molecule has 2 aromatic heterocycles. The molecule has 0 saturated carbocycles. The number of carbonyl (C=O) groups excluding carboxylic acids is 1. The van der Waals surface area contributed by atoms with Gasteiger partial charge in [0.2, 0.25) is 5.52 Å². The second kappa shape index (κ2) is 5.89. The van der Waals surface area contributed by atoms with Crippen molar-refractivity contribution in [2.24, 2.45) is 0 Å². The minimum absolute atomic E-state index is 0.295. The maximum Gasteiger partial charge on any atom is 0.355 e.